The Labute approximate surface area is 154 Å². The van der Waals surface area contributed by atoms with Crippen molar-refractivity contribution in [2.24, 2.45) is 5.10 Å². The molecule has 0 saturated heterocycles. The van der Waals surface area contributed by atoms with Gasteiger partial charge in [-0.3, -0.25) is 20.5 Å². The highest BCUT2D eigenvalue weighted by Gasteiger charge is 2.08. The molecule has 132 valence electrons. The van der Waals surface area contributed by atoms with Gasteiger partial charge in [0, 0.05) is 29.3 Å². The summed E-state index contributed by atoms with van der Waals surface area (Å²) in [5.41, 5.74) is 5.41. The van der Waals surface area contributed by atoms with Gasteiger partial charge in [-0.25, -0.2) is 0 Å². The van der Waals surface area contributed by atoms with Gasteiger partial charge in [0.25, 0.3) is 5.69 Å². The van der Waals surface area contributed by atoms with Crippen LogP contribution in [0.2, 0.25) is 0 Å². The van der Waals surface area contributed by atoms with Crippen molar-refractivity contribution in [3.8, 4) is 11.3 Å². The average Bonchev–Trinajstić information content (AvgIpc) is 3.17. The molecule has 0 aliphatic heterocycles. The van der Waals surface area contributed by atoms with Crippen molar-refractivity contribution in [2.75, 3.05) is 5.43 Å². The van der Waals surface area contributed by atoms with Gasteiger partial charge in [-0.1, -0.05) is 18.2 Å². The number of hydrogen-bond acceptors (Lipinski definition) is 6. The summed E-state index contributed by atoms with van der Waals surface area (Å²) < 4.78 is 5.72. The Morgan fingerprint density at radius 3 is 2.67 bits per heavy atom. The number of hydrazone groups is 1. The van der Waals surface area contributed by atoms with Crippen molar-refractivity contribution in [2.45, 2.75) is 0 Å². The number of nitrogens with one attached hydrogen (secondary N) is 1. The molecule has 0 unspecified atom stereocenters. The summed E-state index contributed by atoms with van der Waals surface area (Å²) in [5, 5.41) is 16.0. The lowest BCUT2D eigenvalue weighted by atomic mass is 10.1. The minimum atomic E-state index is -0.433. The minimum Gasteiger partial charge on any atom is -0.455 e. The minimum absolute atomic E-state index is 0.0417. The Morgan fingerprint density at radius 1 is 1.04 bits per heavy atom. The number of furan rings is 1. The Kier molecular flexibility index (Phi) is 4.32. The zero-order valence-electron chi connectivity index (χ0n) is 14.1. The second kappa shape index (κ2) is 7.09. The maximum absolute atomic E-state index is 10.7. The first-order chi connectivity index (χ1) is 13.2. The van der Waals surface area contributed by atoms with Crippen LogP contribution in [0, 0.1) is 10.1 Å². The molecule has 0 aliphatic rings. The summed E-state index contributed by atoms with van der Waals surface area (Å²) >= 11 is 0. The SMILES string of the molecule is O=[N+]([O-])c1ccc(-c2ccc(/C=N/Nc3cccc4cccnc34)o2)cc1. The highest BCUT2D eigenvalue weighted by atomic mass is 16.6. The average molecular weight is 358 g/mol. The summed E-state index contributed by atoms with van der Waals surface area (Å²) in [6.07, 6.45) is 3.30. The Balaban J connectivity index is 1.49. The van der Waals surface area contributed by atoms with Crippen LogP contribution in [0.1, 0.15) is 5.76 Å². The lowest BCUT2D eigenvalue weighted by molar-refractivity contribution is -0.384. The Bertz CT molecular complexity index is 1130. The number of non-ortho nitro benzene ring substituents is 1. The largest absolute Gasteiger partial charge is 0.455 e. The van der Waals surface area contributed by atoms with Crippen LogP contribution >= 0.6 is 0 Å². The van der Waals surface area contributed by atoms with Gasteiger partial charge < -0.3 is 4.42 Å². The fourth-order valence-corrected chi connectivity index (χ4v) is 2.68. The number of pyridine rings is 1. The first-order valence-corrected chi connectivity index (χ1v) is 8.18. The third-order valence-electron chi connectivity index (χ3n) is 4.00. The molecule has 0 fully saturated rings. The highest BCUT2D eigenvalue weighted by Crippen LogP contribution is 2.24. The van der Waals surface area contributed by atoms with E-state index in [4.69, 9.17) is 4.42 Å². The smallest absolute Gasteiger partial charge is 0.269 e. The van der Waals surface area contributed by atoms with Gasteiger partial charge in [-0.2, -0.15) is 5.10 Å². The van der Waals surface area contributed by atoms with E-state index in [1.165, 1.54) is 12.1 Å². The third kappa shape index (κ3) is 3.52. The number of anilines is 1. The molecular weight excluding hydrogens is 344 g/mol. The second-order valence-corrected chi connectivity index (χ2v) is 5.76. The normalized spacial score (nSPS) is 11.1. The molecule has 2 heterocycles. The van der Waals surface area contributed by atoms with Crippen LogP contribution in [0.25, 0.3) is 22.2 Å². The van der Waals surface area contributed by atoms with Gasteiger partial charge in [0.05, 0.1) is 22.3 Å². The molecule has 0 radical (unpaired) electrons. The molecule has 0 atom stereocenters. The van der Waals surface area contributed by atoms with E-state index in [1.54, 1.807) is 36.7 Å². The number of para-hydroxylation sites is 1. The van der Waals surface area contributed by atoms with Crippen LogP contribution in [0.3, 0.4) is 0 Å². The molecule has 7 nitrogen and oxygen atoms in total. The van der Waals surface area contributed by atoms with Crippen LogP contribution in [0.15, 0.2) is 82.4 Å². The molecule has 27 heavy (non-hydrogen) atoms. The number of rotatable bonds is 5. The van der Waals surface area contributed by atoms with Gasteiger partial charge in [0.2, 0.25) is 0 Å². The van der Waals surface area contributed by atoms with E-state index in [-0.39, 0.29) is 5.69 Å². The van der Waals surface area contributed by atoms with Gasteiger partial charge >= 0.3 is 0 Å². The quantitative estimate of drug-likeness (QED) is 0.313. The number of aromatic nitrogens is 1. The molecular formula is C20H14N4O3. The number of nitro benzene ring substituents is 1. The molecule has 1 N–H and O–H groups in total. The zero-order valence-corrected chi connectivity index (χ0v) is 14.1. The molecule has 4 rings (SSSR count). The van der Waals surface area contributed by atoms with Crippen LogP contribution in [0.5, 0.6) is 0 Å². The zero-order chi connectivity index (χ0) is 18.6. The second-order valence-electron chi connectivity index (χ2n) is 5.76. The van der Waals surface area contributed by atoms with Gasteiger partial charge in [0.15, 0.2) is 0 Å². The molecule has 2 aromatic carbocycles. The molecule has 0 saturated carbocycles. The third-order valence-corrected chi connectivity index (χ3v) is 4.00. The first-order valence-electron chi connectivity index (χ1n) is 8.18. The van der Waals surface area contributed by atoms with E-state index in [1.807, 2.05) is 30.3 Å². The van der Waals surface area contributed by atoms with E-state index >= 15 is 0 Å². The summed E-state index contributed by atoms with van der Waals surface area (Å²) in [6.45, 7) is 0. The molecule has 0 spiro atoms. The molecule has 0 aliphatic carbocycles. The Hall–Kier alpha value is -4.00. The van der Waals surface area contributed by atoms with Crippen molar-refractivity contribution >= 4 is 28.5 Å². The van der Waals surface area contributed by atoms with Gasteiger partial charge in [-0.15, -0.1) is 0 Å². The number of benzene rings is 2. The number of fused-ring (bicyclic) bond motifs is 1. The van der Waals surface area contributed by atoms with Crippen molar-refractivity contribution < 1.29 is 9.34 Å². The topological polar surface area (TPSA) is 93.6 Å². The lowest BCUT2D eigenvalue weighted by Gasteiger charge is -2.03. The van der Waals surface area contributed by atoms with E-state index in [2.05, 4.69) is 15.5 Å². The van der Waals surface area contributed by atoms with Gasteiger partial charge in [0.1, 0.15) is 11.5 Å². The Morgan fingerprint density at radius 2 is 1.85 bits per heavy atom. The maximum Gasteiger partial charge on any atom is 0.269 e. The number of hydrogen-bond donors (Lipinski definition) is 1. The molecule has 7 heteroatoms. The monoisotopic (exact) mass is 358 g/mol. The van der Waals surface area contributed by atoms with Crippen LogP contribution in [0.4, 0.5) is 11.4 Å². The van der Waals surface area contributed by atoms with Crippen LogP contribution in [-0.2, 0) is 0 Å². The summed E-state index contributed by atoms with van der Waals surface area (Å²) in [6, 6.07) is 19.5. The lowest BCUT2D eigenvalue weighted by Crippen LogP contribution is -1.92. The predicted molar refractivity (Wildman–Crippen MR) is 104 cm³/mol. The highest BCUT2D eigenvalue weighted by molar-refractivity contribution is 5.90. The van der Waals surface area contributed by atoms with E-state index in [0.717, 1.165) is 22.2 Å². The fraction of sp³-hybridized carbons (Fsp3) is 0. The van der Waals surface area contributed by atoms with E-state index in [0.29, 0.717) is 11.5 Å². The summed E-state index contributed by atoms with van der Waals surface area (Å²) in [4.78, 5) is 14.7. The summed E-state index contributed by atoms with van der Waals surface area (Å²) in [7, 11) is 0. The summed E-state index contributed by atoms with van der Waals surface area (Å²) in [5.74, 6) is 1.17. The maximum atomic E-state index is 10.7. The van der Waals surface area contributed by atoms with Crippen LogP contribution < -0.4 is 5.43 Å². The first kappa shape index (κ1) is 16.5. The van der Waals surface area contributed by atoms with Crippen molar-refractivity contribution in [1.29, 1.82) is 0 Å². The van der Waals surface area contributed by atoms with Crippen molar-refractivity contribution in [3.05, 3.63) is 88.8 Å². The van der Waals surface area contributed by atoms with E-state index < -0.39 is 4.92 Å². The predicted octanol–water partition coefficient (Wildman–Crippen LogP) is 4.85. The van der Waals surface area contributed by atoms with E-state index in [9.17, 15) is 10.1 Å². The molecule has 4 aromatic rings. The number of nitrogens with zero attached hydrogens (tertiary/aromatic N) is 3. The standard InChI is InChI=1S/C20H14N4O3/c25-24(26)16-8-6-14(7-9-16)19-11-10-17(27-19)13-22-23-18-5-1-3-15-4-2-12-21-20(15)18/h1-13,23H/b22-13+. The molecule has 0 amide bonds. The molecule has 2 aromatic heterocycles. The molecule has 0 bridgehead atoms. The van der Waals surface area contributed by atoms with Gasteiger partial charge in [-0.05, 0) is 36.4 Å². The fourth-order valence-electron chi connectivity index (χ4n) is 2.68. The van der Waals surface area contributed by atoms with Crippen molar-refractivity contribution in [3.63, 3.8) is 0 Å². The number of nitro groups is 1. The van der Waals surface area contributed by atoms with Crippen molar-refractivity contribution in [1.82, 2.24) is 4.98 Å². The van der Waals surface area contributed by atoms with Crippen LogP contribution in [-0.4, -0.2) is 16.1 Å².